The molecule has 0 fully saturated rings. The number of fused-ring (bicyclic) bond motifs is 1. The number of rotatable bonds is 9. The van der Waals surface area contributed by atoms with Crippen molar-refractivity contribution in [1.29, 1.82) is 0 Å². The molecule has 136 valence electrons. The van der Waals surface area contributed by atoms with E-state index in [2.05, 4.69) is 28.9 Å². The number of hydrogen-bond acceptors (Lipinski definition) is 3. The van der Waals surface area contributed by atoms with Crippen LogP contribution in [-0.4, -0.2) is 22.6 Å². The van der Waals surface area contributed by atoms with E-state index in [0.717, 1.165) is 48.4 Å². The van der Waals surface area contributed by atoms with Crippen LogP contribution in [0.1, 0.15) is 37.2 Å². The summed E-state index contributed by atoms with van der Waals surface area (Å²) in [6.45, 7) is 5.55. The fraction of sp³-hybridized carbons (Fsp3) is 0.333. The van der Waals surface area contributed by atoms with Gasteiger partial charge in [-0.15, -0.1) is 0 Å². The molecular weight excluding hydrogens is 326 g/mol. The molecule has 1 heterocycles. The Kier molecular flexibility index (Phi) is 5.89. The number of aryl methyl sites for hydroxylation is 2. The number of nitrogens with one attached hydrogen (secondary N) is 1. The van der Waals surface area contributed by atoms with E-state index in [1.807, 2.05) is 43.3 Å². The topological polar surface area (TPSA) is 56.1 Å². The van der Waals surface area contributed by atoms with Gasteiger partial charge in [-0.25, -0.2) is 4.98 Å². The maximum atomic E-state index is 10.8. The molecule has 1 unspecified atom stereocenters. The second-order valence-corrected chi connectivity index (χ2v) is 6.49. The van der Waals surface area contributed by atoms with Gasteiger partial charge in [0.2, 0.25) is 6.41 Å². The predicted molar refractivity (Wildman–Crippen MR) is 103 cm³/mol. The molecule has 5 nitrogen and oxygen atoms in total. The molecule has 0 aliphatic heterocycles. The van der Waals surface area contributed by atoms with Gasteiger partial charge in [-0.1, -0.05) is 24.3 Å². The van der Waals surface area contributed by atoms with E-state index >= 15 is 0 Å². The Morgan fingerprint density at radius 1 is 1.19 bits per heavy atom. The number of imidazole rings is 1. The molecule has 0 saturated heterocycles. The molecule has 0 spiro atoms. The second-order valence-electron chi connectivity index (χ2n) is 6.49. The normalized spacial score (nSPS) is 12.1. The highest BCUT2D eigenvalue weighted by Gasteiger charge is 2.15. The average molecular weight is 351 g/mol. The molecule has 0 saturated carbocycles. The first-order valence-electron chi connectivity index (χ1n) is 9.03. The van der Waals surface area contributed by atoms with Crippen LogP contribution in [-0.2, 0) is 11.3 Å². The lowest BCUT2D eigenvalue weighted by Crippen LogP contribution is -2.20. The summed E-state index contributed by atoms with van der Waals surface area (Å²) in [7, 11) is 0. The first kappa shape index (κ1) is 18.0. The number of para-hydroxylation sites is 2. The van der Waals surface area contributed by atoms with Gasteiger partial charge < -0.3 is 14.6 Å². The summed E-state index contributed by atoms with van der Waals surface area (Å²) in [6.07, 6.45) is 2.66. The Labute approximate surface area is 154 Å². The molecule has 3 rings (SSSR count). The van der Waals surface area contributed by atoms with Crippen molar-refractivity contribution < 1.29 is 9.53 Å². The summed E-state index contributed by atoms with van der Waals surface area (Å²) in [5.74, 6) is 1.81. The molecule has 0 radical (unpaired) electrons. The lowest BCUT2D eigenvalue weighted by Gasteiger charge is -2.14. The van der Waals surface area contributed by atoms with Crippen LogP contribution in [0.3, 0.4) is 0 Å². The quantitative estimate of drug-likeness (QED) is 0.468. The van der Waals surface area contributed by atoms with Crippen LogP contribution in [0.25, 0.3) is 11.0 Å². The summed E-state index contributed by atoms with van der Waals surface area (Å²) in [4.78, 5) is 15.5. The fourth-order valence-corrected chi connectivity index (χ4v) is 3.10. The third-order valence-corrected chi connectivity index (χ3v) is 4.42. The first-order valence-corrected chi connectivity index (χ1v) is 9.03. The third-order valence-electron chi connectivity index (χ3n) is 4.42. The number of ether oxygens (including phenoxy) is 1. The van der Waals surface area contributed by atoms with E-state index < -0.39 is 0 Å². The Morgan fingerprint density at radius 3 is 2.85 bits per heavy atom. The molecule has 1 N–H and O–H groups in total. The largest absolute Gasteiger partial charge is 0.494 e. The van der Waals surface area contributed by atoms with Crippen LogP contribution in [0.2, 0.25) is 0 Å². The summed E-state index contributed by atoms with van der Waals surface area (Å²) in [5, 5.41) is 2.80. The SMILES string of the molecule is Cc1cccc(OCCCCn2c(C(C)NC=O)nc3ccccc32)c1. The molecule has 26 heavy (non-hydrogen) atoms. The molecular formula is C21H25N3O2. The summed E-state index contributed by atoms with van der Waals surface area (Å²) in [6, 6.07) is 16.1. The standard InChI is InChI=1S/C21H25N3O2/c1-16-8-7-9-18(14-16)26-13-6-5-12-24-20-11-4-3-10-19(20)23-21(24)17(2)22-15-25/h3-4,7-11,14-15,17H,5-6,12-13H2,1-2H3,(H,22,25). The van der Waals surface area contributed by atoms with E-state index in [9.17, 15) is 4.79 Å². The first-order chi connectivity index (χ1) is 12.7. The van der Waals surface area contributed by atoms with Crippen LogP contribution in [0.5, 0.6) is 5.75 Å². The summed E-state index contributed by atoms with van der Waals surface area (Å²) in [5.41, 5.74) is 3.26. The van der Waals surface area contributed by atoms with Gasteiger partial charge in [0.25, 0.3) is 0 Å². The van der Waals surface area contributed by atoms with Crippen LogP contribution < -0.4 is 10.1 Å². The number of aromatic nitrogens is 2. The second kappa shape index (κ2) is 8.52. The molecule has 3 aromatic rings. The van der Waals surface area contributed by atoms with Gasteiger partial charge in [-0.05, 0) is 56.5 Å². The minimum Gasteiger partial charge on any atom is -0.494 e. The maximum absolute atomic E-state index is 10.8. The number of amides is 1. The fourth-order valence-electron chi connectivity index (χ4n) is 3.10. The van der Waals surface area contributed by atoms with Crippen molar-refractivity contribution in [3.8, 4) is 5.75 Å². The number of benzene rings is 2. The number of carbonyl (C=O) groups excluding carboxylic acids is 1. The van der Waals surface area contributed by atoms with Crippen molar-refractivity contribution in [2.75, 3.05) is 6.61 Å². The molecule has 1 aromatic heterocycles. The molecule has 0 bridgehead atoms. The lowest BCUT2D eigenvalue weighted by atomic mass is 10.2. The van der Waals surface area contributed by atoms with Crippen molar-refractivity contribution in [2.45, 2.75) is 39.3 Å². The van der Waals surface area contributed by atoms with Crippen molar-refractivity contribution in [3.05, 3.63) is 59.9 Å². The Balaban J connectivity index is 1.62. The molecule has 1 atom stereocenters. The maximum Gasteiger partial charge on any atom is 0.207 e. The monoisotopic (exact) mass is 351 g/mol. The smallest absolute Gasteiger partial charge is 0.207 e. The van der Waals surface area contributed by atoms with E-state index in [0.29, 0.717) is 6.61 Å². The molecule has 1 amide bonds. The van der Waals surface area contributed by atoms with E-state index in [-0.39, 0.29) is 6.04 Å². The Hall–Kier alpha value is -2.82. The molecule has 0 aliphatic rings. The molecule has 5 heteroatoms. The number of nitrogens with zero attached hydrogens (tertiary/aromatic N) is 2. The highest BCUT2D eigenvalue weighted by Crippen LogP contribution is 2.21. The number of carbonyl (C=O) groups is 1. The number of hydrogen-bond donors (Lipinski definition) is 1. The van der Waals surface area contributed by atoms with Crippen LogP contribution in [0.15, 0.2) is 48.5 Å². The molecule has 2 aromatic carbocycles. The Bertz CT molecular complexity index is 873. The minimum atomic E-state index is -0.122. The van der Waals surface area contributed by atoms with Gasteiger partial charge in [0.15, 0.2) is 0 Å². The third kappa shape index (κ3) is 4.23. The summed E-state index contributed by atoms with van der Waals surface area (Å²) < 4.78 is 8.02. The summed E-state index contributed by atoms with van der Waals surface area (Å²) >= 11 is 0. The van der Waals surface area contributed by atoms with Crippen molar-refractivity contribution in [2.24, 2.45) is 0 Å². The van der Waals surface area contributed by atoms with Gasteiger partial charge in [-0.3, -0.25) is 4.79 Å². The highest BCUT2D eigenvalue weighted by molar-refractivity contribution is 5.76. The Morgan fingerprint density at radius 2 is 2.04 bits per heavy atom. The number of unbranched alkanes of at least 4 members (excludes halogenated alkanes) is 1. The van der Waals surface area contributed by atoms with Gasteiger partial charge in [-0.2, -0.15) is 0 Å². The van der Waals surface area contributed by atoms with Gasteiger partial charge >= 0.3 is 0 Å². The van der Waals surface area contributed by atoms with Gasteiger partial charge in [0.1, 0.15) is 11.6 Å². The van der Waals surface area contributed by atoms with Crippen molar-refractivity contribution in [3.63, 3.8) is 0 Å². The van der Waals surface area contributed by atoms with Crippen molar-refractivity contribution >= 4 is 17.4 Å². The minimum absolute atomic E-state index is 0.122. The van der Waals surface area contributed by atoms with Gasteiger partial charge in [0.05, 0.1) is 23.7 Å². The average Bonchev–Trinajstić information content (AvgIpc) is 3.01. The zero-order chi connectivity index (χ0) is 18.4. The zero-order valence-electron chi connectivity index (χ0n) is 15.3. The van der Waals surface area contributed by atoms with Crippen molar-refractivity contribution in [1.82, 2.24) is 14.9 Å². The van der Waals surface area contributed by atoms with E-state index in [4.69, 9.17) is 9.72 Å². The van der Waals surface area contributed by atoms with Crippen LogP contribution >= 0.6 is 0 Å². The lowest BCUT2D eigenvalue weighted by molar-refractivity contribution is -0.110. The zero-order valence-corrected chi connectivity index (χ0v) is 15.3. The van der Waals surface area contributed by atoms with E-state index in [1.54, 1.807) is 0 Å². The molecule has 0 aliphatic carbocycles. The predicted octanol–water partition coefficient (Wildman–Crippen LogP) is 4.01. The van der Waals surface area contributed by atoms with E-state index in [1.165, 1.54) is 5.56 Å². The van der Waals surface area contributed by atoms with Gasteiger partial charge in [0, 0.05) is 6.54 Å². The van der Waals surface area contributed by atoms with Crippen LogP contribution in [0.4, 0.5) is 0 Å². The van der Waals surface area contributed by atoms with Crippen LogP contribution in [0, 0.1) is 6.92 Å². The highest BCUT2D eigenvalue weighted by atomic mass is 16.5.